The number of anilines is 1. The van der Waals surface area contributed by atoms with Gasteiger partial charge in [-0.05, 0) is 29.8 Å². The lowest BCUT2D eigenvalue weighted by Crippen LogP contribution is -2.03. The molecule has 0 aliphatic heterocycles. The number of ether oxygens (including phenoxy) is 1. The summed E-state index contributed by atoms with van der Waals surface area (Å²) in [7, 11) is 1.58. The Kier molecular flexibility index (Phi) is 3.99. The number of nitrogens with zero attached hydrogens (tertiary/aromatic N) is 1. The highest BCUT2D eigenvalue weighted by Crippen LogP contribution is 2.21. The Morgan fingerprint density at radius 1 is 1.39 bits per heavy atom. The largest absolute Gasteiger partial charge is 0.493 e. The van der Waals surface area contributed by atoms with Crippen LogP contribution in [0, 0.1) is 5.82 Å². The summed E-state index contributed by atoms with van der Waals surface area (Å²) in [5.74, 6) is 0.877. The van der Waals surface area contributed by atoms with Crippen molar-refractivity contribution in [2.24, 2.45) is 0 Å². The Bertz CT molecular complexity index is 548. The number of rotatable bonds is 4. The molecule has 0 saturated heterocycles. The van der Waals surface area contributed by atoms with Crippen LogP contribution in [0.1, 0.15) is 5.56 Å². The van der Waals surface area contributed by atoms with E-state index in [2.05, 4.69) is 10.3 Å². The van der Waals surface area contributed by atoms with Crippen molar-refractivity contribution < 1.29 is 9.13 Å². The van der Waals surface area contributed by atoms with E-state index >= 15 is 0 Å². The minimum atomic E-state index is -0.421. The highest BCUT2D eigenvalue weighted by atomic mass is 35.5. The van der Waals surface area contributed by atoms with Crippen LogP contribution in [0.2, 0.25) is 5.02 Å². The first-order valence-electron chi connectivity index (χ1n) is 5.37. The number of benzene rings is 1. The van der Waals surface area contributed by atoms with Gasteiger partial charge in [0.1, 0.15) is 5.82 Å². The van der Waals surface area contributed by atoms with E-state index in [9.17, 15) is 4.39 Å². The summed E-state index contributed by atoms with van der Waals surface area (Å²) in [6.45, 7) is 0.493. The van der Waals surface area contributed by atoms with E-state index in [-0.39, 0.29) is 5.02 Å². The van der Waals surface area contributed by atoms with Gasteiger partial charge < -0.3 is 10.1 Å². The highest BCUT2D eigenvalue weighted by molar-refractivity contribution is 6.30. The van der Waals surface area contributed by atoms with Crippen molar-refractivity contribution in [2.75, 3.05) is 12.4 Å². The summed E-state index contributed by atoms with van der Waals surface area (Å²) < 4.78 is 18.2. The van der Waals surface area contributed by atoms with Crippen LogP contribution >= 0.6 is 11.6 Å². The number of halogens is 2. The molecule has 0 fully saturated rings. The van der Waals surface area contributed by atoms with Gasteiger partial charge in [0.2, 0.25) is 0 Å². The van der Waals surface area contributed by atoms with Crippen LogP contribution in [0.3, 0.4) is 0 Å². The molecule has 0 radical (unpaired) electrons. The van der Waals surface area contributed by atoms with E-state index < -0.39 is 5.82 Å². The topological polar surface area (TPSA) is 34.1 Å². The van der Waals surface area contributed by atoms with E-state index in [1.54, 1.807) is 31.5 Å². The van der Waals surface area contributed by atoms with Crippen molar-refractivity contribution in [2.45, 2.75) is 6.54 Å². The van der Waals surface area contributed by atoms with Crippen LogP contribution in [-0.2, 0) is 6.54 Å². The highest BCUT2D eigenvalue weighted by Gasteiger charge is 2.04. The zero-order chi connectivity index (χ0) is 13.0. The van der Waals surface area contributed by atoms with E-state index in [1.807, 2.05) is 6.07 Å². The van der Waals surface area contributed by atoms with E-state index in [1.165, 1.54) is 6.07 Å². The summed E-state index contributed by atoms with van der Waals surface area (Å²) in [6, 6.07) is 8.20. The molecule has 3 nitrogen and oxygen atoms in total. The fraction of sp³-hybridized carbons (Fsp3) is 0.154. The van der Waals surface area contributed by atoms with Gasteiger partial charge in [0.25, 0.3) is 0 Å². The lowest BCUT2D eigenvalue weighted by Gasteiger charge is -2.09. The van der Waals surface area contributed by atoms with Gasteiger partial charge in [-0.15, -0.1) is 0 Å². The van der Waals surface area contributed by atoms with Crippen molar-refractivity contribution in [1.29, 1.82) is 0 Å². The Labute approximate surface area is 110 Å². The maximum atomic E-state index is 13.0. The first-order valence-corrected chi connectivity index (χ1v) is 5.75. The average molecular weight is 267 g/mol. The second kappa shape index (κ2) is 5.69. The third-order valence-electron chi connectivity index (χ3n) is 2.43. The first-order chi connectivity index (χ1) is 8.70. The number of hydrogen-bond acceptors (Lipinski definition) is 3. The Hall–Kier alpha value is -1.81. The number of methoxy groups -OCH3 is 1. The smallest absolute Gasteiger partial charge is 0.168 e. The number of nitrogens with one attached hydrogen (secondary N) is 1. The lowest BCUT2D eigenvalue weighted by molar-refractivity contribution is 0.415. The molecule has 0 saturated carbocycles. The summed E-state index contributed by atoms with van der Waals surface area (Å²) in [4.78, 5) is 4.16. The van der Waals surface area contributed by atoms with Crippen LogP contribution in [0.5, 0.6) is 5.75 Å². The van der Waals surface area contributed by atoms with Gasteiger partial charge in [0.15, 0.2) is 11.6 Å². The molecule has 5 heteroatoms. The second-order valence-corrected chi connectivity index (χ2v) is 4.06. The monoisotopic (exact) mass is 266 g/mol. The van der Waals surface area contributed by atoms with E-state index in [0.717, 1.165) is 5.56 Å². The molecule has 0 aliphatic carbocycles. The van der Waals surface area contributed by atoms with Crippen LogP contribution < -0.4 is 10.1 Å². The molecular formula is C13H12ClFN2O. The Balaban J connectivity index is 2.09. The van der Waals surface area contributed by atoms with E-state index in [0.29, 0.717) is 18.1 Å². The molecule has 0 unspecified atom stereocenters. The van der Waals surface area contributed by atoms with Gasteiger partial charge in [-0.3, -0.25) is 0 Å². The standard InChI is InChI=1S/C13H12ClFN2O/c1-18-12-3-2-6-16-13(12)17-8-9-4-5-11(15)10(14)7-9/h2-7H,8H2,1H3,(H,16,17). The average Bonchev–Trinajstić information content (AvgIpc) is 2.40. The van der Waals surface area contributed by atoms with Crippen molar-refractivity contribution in [1.82, 2.24) is 4.98 Å². The third kappa shape index (κ3) is 2.90. The fourth-order valence-corrected chi connectivity index (χ4v) is 1.73. The maximum Gasteiger partial charge on any atom is 0.168 e. The summed E-state index contributed by atoms with van der Waals surface area (Å²) in [6.07, 6.45) is 1.67. The lowest BCUT2D eigenvalue weighted by atomic mass is 10.2. The minimum absolute atomic E-state index is 0.113. The molecule has 1 N–H and O–H groups in total. The molecule has 1 heterocycles. The number of hydrogen-bond donors (Lipinski definition) is 1. The Morgan fingerprint density at radius 2 is 2.22 bits per heavy atom. The molecule has 0 bridgehead atoms. The first kappa shape index (κ1) is 12.6. The van der Waals surface area contributed by atoms with Crippen LogP contribution in [0.15, 0.2) is 36.5 Å². The van der Waals surface area contributed by atoms with Gasteiger partial charge in [-0.1, -0.05) is 17.7 Å². The Morgan fingerprint density at radius 3 is 2.94 bits per heavy atom. The zero-order valence-electron chi connectivity index (χ0n) is 9.78. The van der Waals surface area contributed by atoms with Crippen molar-refractivity contribution in [3.8, 4) is 5.75 Å². The van der Waals surface area contributed by atoms with Gasteiger partial charge in [0.05, 0.1) is 12.1 Å². The van der Waals surface area contributed by atoms with Crippen LogP contribution in [0.4, 0.5) is 10.2 Å². The number of aromatic nitrogens is 1. The summed E-state index contributed by atoms with van der Waals surface area (Å²) in [5.41, 5.74) is 0.870. The van der Waals surface area contributed by atoms with Gasteiger partial charge in [-0.25, -0.2) is 9.37 Å². The summed E-state index contributed by atoms with van der Waals surface area (Å²) in [5, 5.41) is 3.22. The molecule has 1 aromatic heterocycles. The zero-order valence-corrected chi connectivity index (χ0v) is 10.5. The van der Waals surface area contributed by atoms with Crippen molar-refractivity contribution in [3.63, 3.8) is 0 Å². The van der Waals surface area contributed by atoms with Crippen molar-refractivity contribution >= 4 is 17.4 Å². The van der Waals surface area contributed by atoms with Gasteiger partial charge in [0, 0.05) is 12.7 Å². The van der Waals surface area contributed by atoms with E-state index in [4.69, 9.17) is 16.3 Å². The van der Waals surface area contributed by atoms with Crippen LogP contribution in [-0.4, -0.2) is 12.1 Å². The van der Waals surface area contributed by atoms with Crippen LogP contribution in [0.25, 0.3) is 0 Å². The minimum Gasteiger partial charge on any atom is -0.493 e. The maximum absolute atomic E-state index is 13.0. The quantitative estimate of drug-likeness (QED) is 0.920. The summed E-state index contributed by atoms with van der Waals surface area (Å²) >= 11 is 5.71. The molecule has 0 aliphatic rings. The predicted octanol–water partition coefficient (Wildman–Crippen LogP) is 3.49. The second-order valence-electron chi connectivity index (χ2n) is 3.66. The molecule has 0 amide bonds. The number of pyridine rings is 1. The molecule has 18 heavy (non-hydrogen) atoms. The normalized spacial score (nSPS) is 10.2. The predicted molar refractivity (Wildman–Crippen MR) is 69.5 cm³/mol. The fourth-order valence-electron chi connectivity index (χ4n) is 1.52. The third-order valence-corrected chi connectivity index (χ3v) is 2.72. The molecule has 2 aromatic rings. The van der Waals surface area contributed by atoms with Gasteiger partial charge >= 0.3 is 0 Å². The molecule has 0 atom stereocenters. The molecule has 2 rings (SSSR count). The molecular weight excluding hydrogens is 255 g/mol. The van der Waals surface area contributed by atoms with Crippen molar-refractivity contribution in [3.05, 3.63) is 52.9 Å². The molecule has 1 aromatic carbocycles. The molecule has 0 spiro atoms. The SMILES string of the molecule is COc1cccnc1NCc1ccc(F)c(Cl)c1. The van der Waals surface area contributed by atoms with Gasteiger partial charge in [-0.2, -0.15) is 0 Å². The molecule has 94 valence electrons.